The summed E-state index contributed by atoms with van der Waals surface area (Å²) in [4.78, 5) is 18.6. The lowest BCUT2D eigenvalue weighted by Crippen LogP contribution is -2.52. The number of hydrogen-bond acceptors (Lipinski definition) is 4. The summed E-state index contributed by atoms with van der Waals surface area (Å²) in [5.74, 6) is 1.56. The van der Waals surface area contributed by atoms with Gasteiger partial charge >= 0.3 is 0 Å². The molecule has 1 aliphatic heterocycles. The highest BCUT2D eigenvalue weighted by Crippen LogP contribution is 2.25. The van der Waals surface area contributed by atoms with Gasteiger partial charge in [0.25, 0.3) is 0 Å². The van der Waals surface area contributed by atoms with Gasteiger partial charge in [-0.05, 0) is 26.7 Å². The van der Waals surface area contributed by atoms with Crippen LogP contribution >= 0.6 is 0 Å². The molecule has 1 aromatic rings. The topological polar surface area (TPSA) is 58.4 Å². The molecular formula is C14H23N3O2. The van der Waals surface area contributed by atoms with E-state index in [4.69, 9.17) is 4.42 Å². The third-order valence-electron chi connectivity index (χ3n) is 3.47. The summed E-state index contributed by atoms with van der Waals surface area (Å²) in [6.07, 6.45) is 3.62. The van der Waals surface area contributed by atoms with Crippen LogP contribution in [-0.2, 0) is 4.79 Å². The van der Waals surface area contributed by atoms with Crippen molar-refractivity contribution in [3.63, 3.8) is 0 Å². The fourth-order valence-corrected chi connectivity index (χ4v) is 2.54. The molecule has 0 aliphatic carbocycles. The van der Waals surface area contributed by atoms with Crippen molar-refractivity contribution in [3.05, 3.63) is 17.8 Å². The zero-order valence-corrected chi connectivity index (χ0v) is 12.1. The number of carbonyl (C=O) groups excluding carboxylic acids is 1. The number of hydrogen-bond donors (Lipinski definition) is 1. The Morgan fingerprint density at radius 2 is 2.21 bits per heavy atom. The molecular weight excluding hydrogens is 242 g/mol. The molecule has 2 unspecified atom stereocenters. The largest absolute Gasteiger partial charge is 0.444 e. The van der Waals surface area contributed by atoms with E-state index in [2.05, 4.69) is 24.1 Å². The fourth-order valence-electron chi connectivity index (χ4n) is 2.54. The second kappa shape index (κ2) is 5.74. The molecule has 0 saturated carbocycles. The molecule has 1 aliphatic rings. The SMILES string of the molecule is Cc1cnc(C(C)N2CCCC(NC(C)C)C2=O)o1. The Hall–Kier alpha value is -1.36. The normalized spacial score (nSPS) is 22.1. The molecule has 0 spiro atoms. The highest BCUT2D eigenvalue weighted by molar-refractivity contribution is 5.83. The summed E-state index contributed by atoms with van der Waals surface area (Å²) in [5, 5.41) is 3.33. The predicted molar refractivity (Wildman–Crippen MR) is 72.7 cm³/mol. The van der Waals surface area contributed by atoms with Crippen LogP contribution in [0.15, 0.2) is 10.6 Å². The smallest absolute Gasteiger partial charge is 0.240 e. The molecule has 1 fully saturated rings. The van der Waals surface area contributed by atoms with Gasteiger partial charge in [-0.15, -0.1) is 0 Å². The maximum absolute atomic E-state index is 12.5. The van der Waals surface area contributed by atoms with E-state index < -0.39 is 0 Å². The summed E-state index contributed by atoms with van der Waals surface area (Å²) in [5.41, 5.74) is 0. The van der Waals surface area contributed by atoms with Gasteiger partial charge in [0.05, 0.1) is 12.2 Å². The number of oxazole rings is 1. The lowest BCUT2D eigenvalue weighted by atomic mass is 10.0. The quantitative estimate of drug-likeness (QED) is 0.905. The molecule has 106 valence electrons. The molecule has 0 bridgehead atoms. The molecule has 1 aromatic heterocycles. The van der Waals surface area contributed by atoms with Crippen LogP contribution in [0.1, 0.15) is 51.3 Å². The Morgan fingerprint density at radius 1 is 1.47 bits per heavy atom. The van der Waals surface area contributed by atoms with Gasteiger partial charge in [-0.1, -0.05) is 13.8 Å². The zero-order chi connectivity index (χ0) is 14.0. The number of aryl methyl sites for hydroxylation is 1. The number of rotatable bonds is 4. The number of carbonyl (C=O) groups is 1. The summed E-state index contributed by atoms with van der Waals surface area (Å²) in [7, 11) is 0. The maximum atomic E-state index is 12.5. The van der Waals surface area contributed by atoms with Gasteiger partial charge in [0.15, 0.2) is 0 Å². The first-order chi connectivity index (χ1) is 8.99. The van der Waals surface area contributed by atoms with Crippen LogP contribution in [0, 0.1) is 6.92 Å². The Labute approximate surface area is 114 Å². The van der Waals surface area contributed by atoms with Gasteiger partial charge in [0, 0.05) is 12.6 Å². The molecule has 2 heterocycles. The van der Waals surface area contributed by atoms with Crippen molar-refractivity contribution in [1.82, 2.24) is 15.2 Å². The first-order valence-corrected chi connectivity index (χ1v) is 6.98. The highest BCUT2D eigenvalue weighted by atomic mass is 16.4. The maximum Gasteiger partial charge on any atom is 0.240 e. The van der Waals surface area contributed by atoms with Crippen LogP contribution in [0.5, 0.6) is 0 Å². The van der Waals surface area contributed by atoms with Gasteiger partial charge in [0.2, 0.25) is 11.8 Å². The van der Waals surface area contributed by atoms with Gasteiger partial charge < -0.3 is 14.6 Å². The molecule has 1 N–H and O–H groups in total. The summed E-state index contributed by atoms with van der Waals surface area (Å²) in [6.45, 7) is 8.74. The van der Waals surface area contributed by atoms with E-state index in [1.165, 1.54) is 0 Å². The molecule has 1 amide bonds. The summed E-state index contributed by atoms with van der Waals surface area (Å²) < 4.78 is 5.54. The molecule has 0 radical (unpaired) electrons. The number of aromatic nitrogens is 1. The molecule has 1 saturated heterocycles. The van der Waals surface area contributed by atoms with E-state index in [1.807, 2.05) is 18.7 Å². The van der Waals surface area contributed by atoms with Crippen molar-refractivity contribution in [3.8, 4) is 0 Å². The van der Waals surface area contributed by atoms with Crippen molar-refractivity contribution < 1.29 is 9.21 Å². The molecule has 5 heteroatoms. The van der Waals surface area contributed by atoms with Crippen LogP contribution in [-0.4, -0.2) is 34.4 Å². The first-order valence-electron chi connectivity index (χ1n) is 6.98. The average Bonchev–Trinajstić information content (AvgIpc) is 2.77. The van der Waals surface area contributed by atoms with E-state index in [1.54, 1.807) is 6.20 Å². The second-order valence-electron chi connectivity index (χ2n) is 5.53. The van der Waals surface area contributed by atoms with Gasteiger partial charge in [-0.3, -0.25) is 4.79 Å². The van der Waals surface area contributed by atoms with Gasteiger partial charge in [0.1, 0.15) is 11.8 Å². The minimum atomic E-state index is -0.0991. The summed E-state index contributed by atoms with van der Waals surface area (Å²) >= 11 is 0. The number of piperidine rings is 1. The number of likely N-dealkylation sites (tertiary alicyclic amines) is 1. The van der Waals surface area contributed by atoms with Gasteiger partial charge in [-0.25, -0.2) is 4.98 Å². The van der Waals surface area contributed by atoms with Gasteiger partial charge in [-0.2, -0.15) is 0 Å². The van der Waals surface area contributed by atoms with E-state index >= 15 is 0 Å². The van der Waals surface area contributed by atoms with Crippen molar-refractivity contribution >= 4 is 5.91 Å². The van der Waals surface area contributed by atoms with Crippen molar-refractivity contribution in [2.24, 2.45) is 0 Å². The second-order valence-corrected chi connectivity index (χ2v) is 5.53. The van der Waals surface area contributed by atoms with Crippen molar-refractivity contribution in [2.75, 3.05) is 6.54 Å². The van der Waals surface area contributed by atoms with Crippen molar-refractivity contribution in [1.29, 1.82) is 0 Å². The van der Waals surface area contributed by atoms with Crippen LogP contribution in [0.4, 0.5) is 0 Å². The zero-order valence-electron chi connectivity index (χ0n) is 12.1. The number of amides is 1. The van der Waals surface area contributed by atoms with Crippen molar-refractivity contribution in [2.45, 2.75) is 58.7 Å². The Morgan fingerprint density at radius 3 is 2.79 bits per heavy atom. The minimum Gasteiger partial charge on any atom is -0.444 e. The summed E-state index contributed by atoms with van der Waals surface area (Å²) in [6, 6.07) is 0.137. The molecule has 5 nitrogen and oxygen atoms in total. The predicted octanol–water partition coefficient (Wildman–Crippen LogP) is 2.03. The van der Waals surface area contributed by atoms with E-state index in [0.29, 0.717) is 11.9 Å². The number of nitrogens with zero attached hydrogens (tertiary/aromatic N) is 2. The van der Waals surface area contributed by atoms with Crippen LogP contribution in [0.3, 0.4) is 0 Å². The van der Waals surface area contributed by atoms with E-state index in [9.17, 15) is 4.79 Å². The van der Waals surface area contributed by atoms with Crippen LogP contribution < -0.4 is 5.32 Å². The lowest BCUT2D eigenvalue weighted by molar-refractivity contribution is -0.139. The Bertz CT molecular complexity index is 442. The lowest BCUT2D eigenvalue weighted by Gasteiger charge is -2.36. The highest BCUT2D eigenvalue weighted by Gasteiger charge is 2.33. The van der Waals surface area contributed by atoms with Crippen LogP contribution in [0.25, 0.3) is 0 Å². The number of nitrogens with one attached hydrogen (secondary N) is 1. The molecule has 2 atom stereocenters. The monoisotopic (exact) mass is 265 g/mol. The average molecular weight is 265 g/mol. The molecule has 0 aromatic carbocycles. The molecule has 2 rings (SSSR count). The molecule has 19 heavy (non-hydrogen) atoms. The first kappa shape index (κ1) is 14.1. The van der Waals surface area contributed by atoms with E-state index in [0.717, 1.165) is 25.1 Å². The van der Waals surface area contributed by atoms with Crippen LogP contribution in [0.2, 0.25) is 0 Å². The minimum absolute atomic E-state index is 0.0766. The van der Waals surface area contributed by atoms with E-state index in [-0.39, 0.29) is 18.0 Å². The third kappa shape index (κ3) is 3.15. The fraction of sp³-hybridized carbons (Fsp3) is 0.714. The standard InChI is InChI=1S/C14H23N3O2/c1-9(2)16-12-6-5-7-17(14(12)18)11(4)13-15-8-10(3)19-13/h8-9,11-12,16H,5-7H2,1-4H3. The third-order valence-corrected chi connectivity index (χ3v) is 3.47. The Kier molecular flexibility index (Phi) is 4.24. The Balaban J connectivity index is 2.08.